The van der Waals surface area contributed by atoms with E-state index in [-0.39, 0.29) is 36.8 Å². The van der Waals surface area contributed by atoms with E-state index in [1.165, 1.54) is 0 Å². The van der Waals surface area contributed by atoms with Crippen molar-refractivity contribution in [2.24, 2.45) is 11.3 Å². The second-order valence-corrected chi connectivity index (χ2v) is 14.9. The zero-order chi connectivity index (χ0) is 34.9. The van der Waals surface area contributed by atoms with Gasteiger partial charge in [0.15, 0.2) is 0 Å². The van der Waals surface area contributed by atoms with Gasteiger partial charge in [0.2, 0.25) is 11.8 Å². The molecule has 0 radical (unpaired) electrons. The minimum absolute atomic E-state index is 0.146. The maximum atomic E-state index is 14.5. The van der Waals surface area contributed by atoms with Crippen LogP contribution in [0.15, 0.2) is 67.3 Å². The maximum Gasteiger partial charge on any atom is 0.408 e. The van der Waals surface area contributed by atoms with Gasteiger partial charge in [-0.1, -0.05) is 57.2 Å². The zero-order valence-electron chi connectivity index (χ0n) is 29.2. The Morgan fingerprint density at radius 1 is 1.06 bits per heavy atom. The number of benzene rings is 2. The SMILES string of the molecule is C=CC1CC1(C)NC(=O)[C@@H]1C[C@@H](Oc2cc(-c3ccccc3)nc3cc(OC)ccc23)CN1C(=O)[C@@H](NC(=O)OC1CCCC1)C(C)(C)C. The number of aromatic nitrogens is 1. The average molecular weight is 669 g/mol. The number of amides is 3. The van der Waals surface area contributed by atoms with Crippen LogP contribution in [0, 0.1) is 11.3 Å². The molecule has 2 aliphatic carbocycles. The van der Waals surface area contributed by atoms with Gasteiger partial charge in [-0.2, -0.15) is 0 Å². The fourth-order valence-corrected chi connectivity index (χ4v) is 7.09. The molecule has 49 heavy (non-hydrogen) atoms. The summed E-state index contributed by atoms with van der Waals surface area (Å²) in [4.78, 5) is 48.0. The molecule has 1 aliphatic heterocycles. The number of methoxy groups -OCH3 is 1. The zero-order valence-corrected chi connectivity index (χ0v) is 29.2. The van der Waals surface area contributed by atoms with Gasteiger partial charge in [-0.3, -0.25) is 9.59 Å². The Morgan fingerprint density at radius 2 is 1.80 bits per heavy atom. The lowest BCUT2D eigenvalue weighted by molar-refractivity contribution is -0.142. The van der Waals surface area contributed by atoms with Gasteiger partial charge in [0, 0.05) is 41.0 Å². The molecule has 3 amide bonds. The van der Waals surface area contributed by atoms with Gasteiger partial charge in [-0.15, -0.1) is 6.58 Å². The average Bonchev–Trinajstić information content (AvgIpc) is 3.39. The highest BCUT2D eigenvalue weighted by Crippen LogP contribution is 2.44. The number of carbonyl (C=O) groups excluding carboxylic acids is 3. The van der Waals surface area contributed by atoms with Crippen LogP contribution in [-0.2, 0) is 14.3 Å². The first-order valence-corrected chi connectivity index (χ1v) is 17.3. The highest BCUT2D eigenvalue weighted by Gasteiger charge is 2.52. The van der Waals surface area contributed by atoms with Crippen molar-refractivity contribution in [2.45, 2.75) is 96.1 Å². The molecule has 260 valence electrons. The smallest absolute Gasteiger partial charge is 0.408 e. The number of rotatable bonds is 10. The molecule has 2 N–H and O–H groups in total. The van der Waals surface area contributed by atoms with Crippen LogP contribution in [0.5, 0.6) is 11.5 Å². The molecule has 10 heteroatoms. The molecule has 6 rings (SSSR count). The van der Waals surface area contributed by atoms with Gasteiger partial charge in [0.25, 0.3) is 0 Å². The van der Waals surface area contributed by atoms with Crippen LogP contribution in [0.3, 0.4) is 0 Å². The number of hydrogen-bond donors (Lipinski definition) is 2. The number of likely N-dealkylation sites (tertiary alicyclic amines) is 1. The third-order valence-electron chi connectivity index (χ3n) is 10.1. The van der Waals surface area contributed by atoms with E-state index in [0.29, 0.717) is 17.0 Å². The van der Waals surface area contributed by atoms with Crippen molar-refractivity contribution in [2.75, 3.05) is 13.7 Å². The summed E-state index contributed by atoms with van der Waals surface area (Å²) in [5, 5.41) is 6.84. The normalized spacial score (nSPS) is 24.3. The van der Waals surface area contributed by atoms with E-state index in [1.54, 1.807) is 12.0 Å². The van der Waals surface area contributed by atoms with Crippen LogP contribution < -0.4 is 20.1 Å². The Kier molecular flexibility index (Phi) is 9.60. The molecule has 1 aromatic heterocycles. The summed E-state index contributed by atoms with van der Waals surface area (Å²) in [6.07, 6.45) is 5.33. The second kappa shape index (κ2) is 13.7. The Bertz CT molecular complexity index is 1720. The molecule has 3 fully saturated rings. The molecule has 0 spiro atoms. The third-order valence-corrected chi connectivity index (χ3v) is 10.1. The number of pyridine rings is 1. The summed E-state index contributed by atoms with van der Waals surface area (Å²) < 4.78 is 17.9. The van der Waals surface area contributed by atoms with E-state index in [4.69, 9.17) is 19.2 Å². The first-order chi connectivity index (χ1) is 23.4. The van der Waals surface area contributed by atoms with Crippen LogP contribution in [0.2, 0.25) is 0 Å². The quantitative estimate of drug-likeness (QED) is 0.239. The molecule has 5 atom stereocenters. The van der Waals surface area contributed by atoms with E-state index in [0.717, 1.165) is 48.7 Å². The van der Waals surface area contributed by atoms with Crippen LogP contribution in [0.25, 0.3) is 22.2 Å². The van der Waals surface area contributed by atoms with Crippen molar-refractivity contribution in [1.82, 2.24) is 20.5 Å². The molecule has 3 aliphatic rings. The lowest BCUT2D eigenvalue weighted by atomic mass is 9.85. The molecule has 2 aromatic carbocycles. The van der Waals surface area contributed by atoms with E-state index < -0.39 is 35.2 Å². The van der Waals surface area contributed by atoms with Crippen molar-refractivity contribution < 1.29 is 28.6 Å². The second-order valence-electron chi connectivity index (χ2n) is 14.9. The van der Waals surface area contributed by atoms with Crippen molar-refractivity contribution in [3.05, 3.63) is 67.3 Å². The van der Waals surface area contributed by atoms with E-state index in [9.17, 15) is 14.4 Å². The van der Waals surface area contributed by atoms with Crippen molar-refractivity contribution in [1.29, 1.82) is 0 Å². The summed E-state index contributed by atoms with van der Waals surface area (Å²) >= 11 is 0. The number of hydrogen-bond acceptors (Lipinski definition) is 7. The maximum absolute atomic E-state index is 14.5. The first-order valence-electron chi connectivity index (χ1n) is 17.3. The predicted molar refractivity (Wildman–Crippen MR) is 188 cm³/mol. The minimum atomic E-state index is -0.924. The molecular weight excluding hydrogens is 620 g/mol. The molecule has 2 unspecified atom stereocenters. The number of fused-ring (bicyclic) bond motifs is 1. The predicted octanol–water partition coefficient (Wildman–Crippen LogP) is 6.42. The largest absolute Gasteiger partial charge is 0.497 e. The van der Waals surface area contributed by atoms with Gasteiger partial charge in [-0.25, -0.2) is 9.78 Å². The summed E-state index contributed by atoms with van der Waals surface area (Å²) in [5.41, 5.74) is 1.28. The number of ether oxygens (including phenoxy) is 3. The van der Waals surface area contributed by atoms with Crippen LogP contribution in [0.4, 0.5) is 4.79 Å². The Hall–Kier alpha value is -4.60. The number of nitrogens with one attached hydrogen (secondary N) is 2. The van der Waals surface area contributed by atoms with Crippen LogP contribution >= 0.6 is 0 Å². The fraction of sp³-hybridized carbons (Fsp3) is 0.487. The lowest BCUT2D eigenvalue weighted by Crippen LogP contribution is -2.58. The molecule has 2 heterocycles. The fourth-order valence-electron chi connectivity index (χ4n) is 7.09. The van der Waals surface area contributed by atoms with Gasteiger partial charge in [0.1, 0.15) is 35.8 Å². The number of carbonyl (C=O) groups is 3. The molecule has 10 nitrogen and oxygen atoms in total. The van der Waals surface area contributed by atoms with E-state index in [1.807, 2.05) is 88.4 Å². The lowest BCUT2D eigenvalue weighted by Gasteiger charge is -2.35. The minimum Gasteiger partial charge on any atom is -0.497 e. The van der Waals surface area contributed by atoms with Crippen molar-refractivity contribution in [3.8, 4) is 22.8 Å². The number of alkyl carbamates (subject to hydrolysis) is 1. The van der Waals surface area contributed by atoms with Crippen molar-refractivity contribution >= 4 is 28.8 Å². The van der Waals surface area contributed by atoms with Gasteiger partial charge in [-0.05, 0) is 56.6 Å². The summed E-state index contributed by atoms with van der Waals surface area (Å²) in [5.74, 6) is 0.833. The highest BCUT2D eigenvalue weighted by molar-refractivity contribution is 5.93. The van der Waals surface area contributed by atoms with Gasteiger partial charge in [0.05, 0.1) is 24.9 Å². The molecule has 3 aromatic rings. The molecule has 1 saturated heterocycles. The van der Waals surface area contributed by atoms with Gasteiger partial charge >= 0.3 is 6.09 Å². The summed E-state index contributed by atoms with van der Waals surface area (Å²) in [6.45, 7) is 11.7. The third kappa shape index (κ3) is 7.53. The Morgan fingerprint density at radius 3 is 2.45 bits per heavy atom. The summed E-state index contributed by atoms with van der Waals surface area (Å²) in [6, 6.07) is 15.6. The van der Waals surface area contributed by atoms with Crippen LogP contribution in [-0.4, -0.2) is 71.3 Å². The Labute approximate surface area is 288 Å². The van der Waals surface area contributed by atoms with Crippen molar-refractivity contribution in [3.63, 3.8) is 0 Å². The molecular formula is C39H48N4O6. The topological polar surface area (TPSA) is 119 Å². The highest BCUT2D eigenvalue weighted by atomic mass is 16.6. The van der Waals surface area contributed by atoms with Crippen LogP contribution in [0.1, 0.15) is 66.2 Å². The standard InChI is InChI=1S/C39H48N4O6/c1-7-25-22-39(25,5)42-35(44)32-20-28(23-43(32)36(45)34(38(2,3)4)41-37(46)49-26-15-11-12-16-26)48-33-21-30(24-13-9-8-10-14-24)40-31-19-27(47-6)17-18-29(31)33/h7-10,13-14,17-19,21,25-26,28,32,34H,1,11-12,15-16,20,22-23H2,2-6H3,(H,41,46)(H,42,44)/t25?,28-,32+,34-,39?/m1/s1. The molecule has 2 saturated carbocycles. The monoisotopic (exact) mass is 668 g/mol. The van der Waals surface area contributed by atoms with E-state index in [2.05, 4.69) is 17.2 Å². The Balaban J connectivity index is 1.30. The first kappa shape index (κ1) is 34.3. The summed E-state index contributed by atoms with van der Waals surface area (Å²) in [7, 11) is 1.61. The van der Waals surface area contributed by atoms with Gasteiger partial charge < -0.3 is 29.7 Å². The molecule has 0 bridgehead atoms. The van der Waals surface area contributed by atoms with E-state index >= 15 is 0 Å². The number of nitrogens with zero attached hydrogens (tertiary/aromatic N) is 2.